The molecule has 0 bridgehead atoms. The molecule has 2 N–H and O–H groups in total. The number of hydrogen-bond donors (Lipinski definition) is 1. The van der Waals surface area contributed by atoms with Crippen LogP contribution >= 0.6 is 0 Å². The van der Waals surface area contributed by atoms with Crippen LogP contribution in [-0.4, -0.2) is 5.71 Å². The second-order valence-electron chi connectivity index (χ2n) is 6.23. The molecule has 1 rings (SSSR count). The molecule has 2 nitrogen and oxygen atoms in total. The zero-order chi connectivity index (χ0) is 14.5. The number of hydrogen-bond acceptors (Lipinski definition) is 2. The third kappa shape index (κ3) is 5.29. The minimum Gasteiger partial charge on any atom is -0.402 e. The van der Waals surface area contributed by atoms with Crippen LogP contribution in [0.1, 0.15) is 40.2 Å². The van der Waals surface area contributed by atoms with Crippen molar-refractivity contribution in [2.24, 2.45) is 22.1 Å². The number of rotatable bonds is 4. The van der Waals surface area contributed by atoms with E-state index in [2.05, 4.69) is 46.8 Å². The molecule has 1 aromatic carbocycles. The fourth-order valence-corrected chi connectivity index (χ4v) is 1.54. The molecule has 0 atom stereocenters. The van der Waals surface area contributed by atoms with Gasteiger partial charge in [-0.2, -0.15) is 0 Å². The van der Waals surface area contributed by atoms with Gasteiger partial charge in [-0.15, -0.1) is 0 Å². The van der Waals surface area contributed by atoms with Crippen LogP contribution in [0.3, 0.4) is 0 Å². The zero-order valence-electron chi connectivity index (χ0n) is 12.8. The Labute approximate surface area is 117 Å². The Morgan fingerprint density at radius 2 is 1.79 bits per heavy atom. The van der Waals surface area contributed by atoms with E-state index >= 15 is 0 Å². The first-order valence-corrected chi connectivity index (χ1v) is 6.86. The van der Waals surface area contributed by atoms with Crippen LogP contribution in [0.2, 0.25) is 0 Å². The van der Waals surface area contributed by atoms with Crippen molar-refractivity contribution < 1.29 is 0 Å². The van der Waals surface area contributed by atoms with Gasteiger partial charge in [-0.25, -0.2) is 0 Å². The Bertz CT molecular complexity index is 448. The molecule has 0 heterocycles. The minimum absolute atomic E-state index is 0.0115. The first-order chi connectivity index (χ1) is 8.80. The zero-order valence-corrected chi connectivity index (χ0v) is 12.8. The molecule has 0 aromatic heterocycles. The molecule has 104 valence electrons. The summed E-state index contributed by atoms with van der Waals surface area (Å²) in [5.74, 6) is 0.379. The standard InChI is InChI=1S/C17H26N2/c1-13(2)15(11-16(18)17(3,4)5)19-12-14-9-7-6-8-10-14/h6-11,13H,12,18H2,1-5H3. The van der Waals surface area contributed by atoms with Crippen molar-refractivity contribution in [2.45, 2.75) is 41.2 Å². The molecule has 0 fully saturated rings. The maximum atomic E-state index is 6.14. The van der Waals surface area contributed by atoms with Crippen LogP contribution in [-0.2, 0) is 6.54 Å². The maximum Gasteiger partial charge on any atom is 0.0643 e. The van der Waals surface area contributed by atoms with Gasteiger partial charge < -0.3 is 5.73 Å². The van der Waals surface area contributed by atoms with Gasteiger partial charge in [0.05, 0.1) is 6.54 Å². The Kier molecular flexibility index (Phi) is 5.34. The summed E-state index contributed by atoms with van der Waals surface area (Å²) in [5, 5.41) is 0. The molecule has 1 aromatic rings. The maximum absolute atomic E-state index is 6.14. The lowest BCUT2D eigenvalue weighted by molar-refractivity contribution is 0.498. The van der Waals surface area contributed by atoms with Crippen LogP contribution in [0, 0.1) is 11.3 Å². The highest BCUT2D eigenvalue weighted by Gasteiger charge is 2.15. The molecule has 0 saturated heterocycles. The van der Waals surface area contributed by atoms with E-state index < -0.39 is 0 Å². The van der Waals surface area contributed by atoms with Gasteiger partial charge in [0.15, 0.2) is 0 Å². The Balaban J connectivity index is 2.90. The van der Waals surface area contributed by atoms with Gasteiger partial charge >= 0.3 is 0 Å². The number of benzene rings is 1. The normalized spacial score (nSPS) is 14.0. The lowest BCUT2D eigenvalue weighted by Crippen LogP contribution is -2.20. The fourth-order valence-electron chi connectivity index (χ4n) is 1.54. The van der Waals surface area contributed by atoms with E-state index in [0.29, 0.717) is 12.5 Å². The quantitative estimate of drug-likeness (QED) is 0.809. The largest absolute Gasteiger partial charge is 0.402 e. The van der Waals surface area contributed by atoms with E-state index in [4.69, 9.17) is 10.7 Å². The second kappa shape index (κ2) is 6.55. The van der Waals surface area contributed by atoms with Crippen molar-refractivity contribution in [2.75, 3.05) is 0 Å². The molecular weight excluding hydrogens is 232 g/mol. The number of aliphatic imine (C=N–C) groups is 1. The highest BCUT2D eigenvalue weighted by Crippen LogP contribution is 2.21. The minimum atomic E-state index is -0.0115. The molecule has 2 heteroatoms. The third-order valence-electron chi connectivity index (χ3n) is 3.05. The van der Waals surface area contributed by atoms with Crippen LogP contribution in [0.15, 0.2) is 47.1 Å². The van der Waals surface area contributed by atoms with E-state index in [0.717, 1.165) is 11.4 Å². The summed E-state index contributed by atoms with van der Waals surface area (Å²) in [5.41, 5.74) is 9.30. The van der Waals surface area contributed by atoms with E-state index in [1.54, 1.807) is 0 Å². The monoisotopic (exact) mass is 258 g/mol. The van der Waals surface area contributed by atoms with Crippen molar-refractivity contribution in [1.29, 1.82) is 0 Å². The average Bonchev–Trinajstić information content (AvgIpc) is 2.33. The second-order valence-corrected chi connectivity index (χ2v) is 6.23. The van der Waals surface area contributed by atoms with Crippen LogP contribution in [0.4, 0.5) is 0 Å². The Morgan fingerprint density at radius 1 is 1.21 bits per heavy atom. The Morgan fingerprint density at radius 3 is 2.26 bits per heavy atom. The van der Waals surface area contributed by atoms with E-state index in [9.17, 15) is 0 Å². The number of nitrogens with zero attached hydrogens (tertiary/aromatic N) is 1. The van der Waals surface area contributed by atoms with Crippen molar-refractivity contribution >= 4 is 5.71 Å². The summed E-state index contributed by atoms with van der Waals surface area (Å²) in [7, 11) is 0. The first kappa shape index (κ1) is 15.5. The van der Waals surface area contributed by atoms with Gasteiger partial charge in [0.1, 0.15) is 0 Å². The van der Waals surface area contributed by atoms with Gasteiger partial charge in [-0.05, 0) is 17.6 Å². The van der Waals surface area contributed by atoms with Gasteiger partial charge in [-0.3, -0.25) is 4.99 Å². The van der Waals surface area contributed by atoms with Gasteiger partial charge in [0.2, 0.25) is 0 Å². The summed E-state index contributed by atoms with van der Waals surface area (Å²) < 4.78 is 0. The van der Waals surface area contributed by atoms with Crippen LogP contribution in [0.5, 0.6) is 0 Å². The molecule has 0 aliphatic rings. The molecule has 0 aliphatic carbocycles. The molecule has 0 amide bonds. The van der Waals surface area contributed by atoms with Crippen LogP contribution < -0.4 is 5.73 Å². The number of allylic oxidation sites excluding steroid dienone is 2. The molecule has 0 spiro atoms. The van der Waals surface area contributed by atoms with Crippen molar-refractivity contribution in [3.8, 4) is 0 Å². The fraction of sp³-hybridized carbons (Fsp3) is 0.471. The molecule has 0 aliphatic heterocycles. The highest BCUT2D eigenvalue weighted by atomic mass is 14.7. The molecule has 0 saturated carbocycles. The van der Waals surface area contributed by atoms with Crippen molar-refractivity contribution in [3.63, 3.8) is 0 Å². The van der Waals surface area contributed by atoms with E-state index in [-0.39, 0.29) is 5.41 Å². The average molecular weight is 258 g/mol. The molecule has 0 radical (unpaired) electrons. The van der Waals surface area contributed by atoms with E-state index in [1.807, 2.05) is 24.3 Å². The van der Waals surface area contributed by atoms with Crippen molar-refractivity contribution in [1.82, 2.24) is 0 Å². The van der Waals surface area contributed by atoms with E-state index in [1.165, 1.54) is 5.56 Å². The van der Waals surface area contributed by atoms with Gasteiger partial charge in [0, 0.05) is 16.8 Å². The smallest absolute Gasteiger partial charge is 0.0643 e. The summed E-state index contributed by atoms with van der Waals surface area (Å²) in [6.07, 6.45) is 2.04. The molecule has 19 heavy (non-hydrogen) atoms. The Hall–Kier alpha value is -1.57. The number of nitrogens with two attached hydrogens (primary N) is 1. The molecule has 0 unspecified atom stereocenters. The summed E-state index contributed by atoms with van der Waals surface area (Å²) in [6.45, 7) is 11.4. The van der Waals surface area contributed by atoms with Gasteiger partial charge in [0.25, 0.3) is 0 Å². The first-order valence-electron chi connectivity index (χ1n) is 6.86. The SMILES string of the molecule is CC(C)C(C=C(N)C(C)(C)C)=NCc1ccccc1. The van der Waals surface area contributed by atoms with Gasteiger partial charge in [-0.1, -0.05) is 65.0 Å². The predicted octanol–water partition coefficient (Wildman–Crippen LogP) is 4.17. The highest BCUT2D eigenvalue weighted by molar-refractivity contribution is 5.97. The summed E-state index contributed by atoms with van der Waals surface area (Å²) in [6, 6.07) is 10.3. The topological polar surface area (TPSA) is 38.4 Å². The lowest BCUT2D eigenvalue weighted by atomic mass is 9.90. The summed E-state index contributed by atoms with van der Waals surface area (Å²) >= 11 is 0. The molecular formula is C17H26N2. The van der Waals surface area contributed by atoms with Crippen molar-refractivity contribution in [3.05, 3.63) is 47.7 Å². The van der Waals surface area contributed by atoms with Crippen LogP contribution in [0.25, 0.3) is 0 Å². The predicted molar refractivity (Wildman–Crippen MR) is 84.1 cm³/mol. The third-order valence-corrected chi connectivity index (χ3v) is 3.05. The lowest BCUT2D eigenvalue weighted by Gasteiger charge is -2.20. The summed E-state index contributed by atoms with van der Waals surface area (Å²) in [4.78, 5) is 4.71.